The molecule has 0 bridgehead atoms. The Hall–Kier alpha value is -1.55. The van der Waals surface area contributed by atoms with Crippen molar-refractivity contribution in [1.82, 2.24) is 5.32 Å². The Labute approximate surface area is 121 Å². The Balaban J connectivity index is 2.40. The summed E-state index contributed by atoms with van der Waals surface area (Å²) >= 11 is 3.14. The molecular weight excluding hydrogens is 306 g/mol. The lowest BCUT2D eigenvalue weighted by atomic mass is 10.0. The molecule has 2 aromatic rings. The fraction of sp³-hybridized carbons (Fsp3) is 0.267. The molecule has 0 aliphatic heterocycles. The lowest BCUT2D eigenvalue weighted by Gasteiger charge is -2.14. The number of ether oxygens (including phenoxy) is 1. The Morgan fingerprint density at radius 1 is 1.26 bits per heavy atom. The zero-order chi connectivity index (χ0) is 13.7. The van der Waals surface area contributed by atoms with Crippen molar-refractivity contribution in [2.75, 3.05) is 11.9 Å². The molecule has 0 spiro atoms. The Morgan fingerprint density at radius 3 is 2.79 bits per heavy atom. The van der Waals surface area contributed by atoms with Gasteiger partial charge < -0.3 is 10.1 Å². The van der Waals surface area contributed by atoms with Gasteiger partial charge in [0.05, 0.1) is 11.9 Å². The second-order valence-electron chi connectivity index (χ2n) is 4.11. The number of amides is 1. The normalized spacial score (nSPS) is 10.4. The fourth-order valence-electron chi connectivity index (χ4n) is 2.02. The highest BCUT2D eigenvalue weighted by atomic mass is 79.9. The van der Waals surface area contributed by atoms with Crippen LogP contribution in [0.5, 0.6) is 5.75 Å². The largest absolute Gasteiger partial charge is 0.494 e. The summed E-state index contributed by atoms with van der Waals surface area (Å²) < 4.78 is 5.65. The third-order valence-electron chi connectivity index (χ3n) is 2.88. The van der Waals surface area contributed by atoms with Crippen LogP contribution >= 0.6 is 15.9 Å². The van der Waals surface area contributed by atoms with Crippen LogP contribution in [0.4, 0.5) is 0 Å². The van der Waals surface area contributed by atoms with Crippen LogP contribution in [0.2, 0.25) is 0 Å². The third-order valence-corrected chi connectivity index (χ3v) is 3.39. The van der Waals surface area contributed by atoms with Crippen molar-refractivity contribution in [3.8, 4) is 5.75 Å². The van der Waals surface area contributed by atoms with Gasteiger partial charge in [0.25, 0.3) is 0 Å². The van der Waals surface area contributed by atoms with Crippen molar-refractivity contribution in [2.24, 2.45) is 0 Å². The van der Waals surface area contributed by atoms with Crippen molar-refractivity contribution in [1.29, 1.82) is 0 Å². The molecule has 3 nitrogen and oxygen atoms in total. The summed E-state index contributed by atoms with van der Waals surface area (Å²) in [5, 5.41) is 5.44. The van der Waals surface area contributed by atoms with E-state index in [1.54, 1.807) is 0 Å². The SMILES string of the molecule is CCOc1ccc2ccccc2c1CNC(=O)CBr. The van der Waals surface area contributed by atoms with E-state index in [1.807, 2.05) is 37.3 Å². The van der Waals surface area contributed by atoms with Crippen LogP contribution in [0.1, 0.15) is 12.5 Å². The number of halogens is 1. The smallest absolute Gasteiger partial charge is 0.230 e. The van der Waals surface area contributed by atoms with Gasteiger partial charge in [-0.2, -0.15) is 0 Å². The van der Waals surface area contributed by atoms with E-state index < -0.39 is 0 Å². The predicted octanol–water partition coefficient (Wildman–Crippen LogP) is 3.25. The fourth-order valence-corrected chi connectivity index (χ4v) is 2.22. The summed E-state index contributed by atoms with van der Waals surface area (Å²) in [6, 6.07) is 12.1. The van der Waals surface area contributed by atoms with Crippen molar-refractivity contribution in [3.63, 3.8) is 0 Å². The second kappa shape index (κ2) is 6.57. The minimum Gasteiger partial charge on any atom is -0.494 e. The van der Waals surface area contributed by atoms with E-state index in [4.69, 9.17) is 4.74 Å². The lowest BCUT2D eigenvalue weighted by Crippen LogP contribution is -2.24. The van der Waals surface area contributed by atoms with Crippen molar-refractivity contribution >= 4 is 32.6 Å². The van der Waals surface area contributed by atoms with Gasteiger partial charge in [0.2, 0.25) is 5.91 Å². The van der Waals surface area contributed by atoms with Gasteiger partial charge in [0.1, 0.15) is 5.75 Å². The van der Waals surface area contributed by atoms with Crippen molar-refractivity contribution in [2.45, 2.75) is 13.5 Å². The number of alkyl halides is 1. The summed E-state index contributed by atoms with van der Waals surface area (Å²) in [7, 11) is 0. The maximum atomic E-state index is 11.4. The van der Waals surface area contributed by atoms with Gasteiger partial charge in [-0.25, -0.2) is 0 Å². The predicted molar refractivity (Wildman–Crippen MR) is 80.8 cm³/mol. The molecule has 2 aromatic carbocycles. The summed E-state index contributed by atoms with van der Waals surface area (Å²) in [5.74, 6) is 0.798. The summed E-state index contributed by atoms with van der Waals surface area (Å²) in [4.78, 5) is 11.4. The Kier molecular flexibility index (Phi) is 4.80. The average molecular weight is 322 g/mol. The maximum absolute atomic E-state index is 11.4. The average Bonchev–Trinajstić information content (AvgIpc) is 2.45. The van der Waals surface area contributed by atoms with Gasteiger partial charge in [-0.05, 0) is 23.8 Å². The first-order valence-corrected chi connectivity index (χ1v) is 7.34. The first-order chi connectivity index (χ1) is 9.26. The van der Waals surface area contributed by atoms with Gasteiger partial charge in [0, 0.05) is 12.1 Å². The van der Waals surface area contributed by atoms with Gasteiger partial charge in [-0.15, -0.1) is 0 Å². The molecule has 0 heterocycles. The van der Waals surface area contributed by atoms with E-state index in [-0.39, 0.29) is 5.91 Å². The number of rotatable bonds is 5. The molecule has 1 N–H and O–H groups in total. The first-order valence-electron chi connectivity index (χ1n) is 6.22. The highest BCUT2D eigenvalue weighted by molar-refractivity contribution is 9.09. The maximum Gasteiger partial charge on any atom is 0.230 e. The topological polar surface area (TPSA) is 38.3 Å². The summed E-state index contributed by atoms with van der Waals surface area (Å²) in [6.45, 7) is 3.04. The molecule has 0 fully saturated rings. The standard InChI is InChI=1S/C15H16BrNO2/c1-2-19-14-8-7-11-5-3-4-6-12(11)13(14)10-17-15(18)9-16/h3-8H,2,9-10H2,1H3,(H,17,18). The number of carbonyl (C=O) groups excluding carboxylic acids is 1. The van der Waals surface area contributed by atoms with Crippen LogP contribution in [0.25, 0.3) is 10.8 Å². The third kappa shape index (κ3) is 3.26. The monoisotopic (exact) mass is 321 g/mol. The highest BCUT2D eigenvalue weighted by Crippen LogP contribution is 2.28. The van der Waals surface area contributed by atoms with E-state index in [2.05, 4.69) is 27.3 Å². The van der Waals surface area contributed by atoms with E-state index in [1.165, 1.54) is 0 Å². The number of fused-ring (bicyclic) bond motifs is 1. The van der Waals surface area contributed by atoms with E-state index in [0.29, 0.717) is 18.5 Å². The molecule has 0 atom stereocenters. The van der Waals surface area contributed by atoms with Gasteiger partial charge >= 0.3 is 0 Å². The van der Waals surface area contributed by atoms with Gasteiger partial charge in [-0.1, -0.05) is 46.3 Å². The minimum absolute atomic E-state index is 0.0321. The van der Waals surface area contributed by atoms with Crippen LogP contribution in [-0.2, 0) is 11.3 Å². The Morgan fingerprint density at radius 2 is 2.05 bits per heavy atom. The minimum atomic E-state index is -0.0321. The first kappa shape index (κ1) is 13.9. The molecule has 2 rings (SSSR count). The zero-order valence-electron chi connectivity index (χ0n) is 10.8. The molecule has 100 valence electrons. The molecule has 19 heavy (non-hydrogen) atoms. The van der Waals surface area contributed by atoms with Gasteiger partial charge in [0.15, 0.2) is 0 Å². The number of hydrogen-bond donors (Lipinski definition) is 1. The number of hydrogen-bond acceptors (Lipinski definition) is 2. The van der Waals surface area contributed by atoms with Crippen molar-refractivity contribution in [3.05, 3.63) is 42.0 Å². The van der Waals surface area contributed by atoms with Crippen LogP contribution in [0, 0.1) is 0 Å². The molecule has 0 aromatic heterocycles. The van der Waals surface area contributed by atoms with E-state index in [9.17, 15) is 4.79 Å². The Bertz CT molecular complexity index is 583. The van der Waals surface area contributed by atoms with E-state index >= 15 is 0 Å². The molecule has 1 amide bonds. The summed E-state index contributed by atoms with van der Waals surface area (Å²) in [6.07, 6.45) is 0. The van der Waals surface area contributed by atoms with E-state index in [0.717, 1.165) is 22.1 Å². The number of benzene rings is 2. The molecule has 4 heteroatoms. The molecule has 0 saturated heterocycles. The van der Waals surface area contributed by atoms with Crippen molar-refractivity contribution < 1.29 is 9.53 Å². The van der Waals surface area contributed by atoms with Gasteiger partial charge in [-0.3, -0.25) is 4.79 Å². The zero-order valence-corrected chi connectivity index (χ0v) is 12.4. The molecule has 0 unspecified atom stereocenters. The second-order valence-corrected chi connectivity index (χ2v) is 4.67. The van der Waals surface area contributed by atoms with Crippen LogP contribution < -0.4 is 10.1 Å². The lowest BCUT2D eigenvalue weighted by molar-refractivity contribution is -0.118. The molecular formula is C15H16BrNO2. The van der Waals surface area contributed by atoms with Crippen LogP contribution in [0.15, 0.2) is 36.4 Å². The summed E-state index contributed by atoms with van der Waals surface area (Å²) in [5.41, 5.74) is 1.02. The molecule has 0 aliphatic carbocycles. The van der Waals surface area contributed by atoms with Crippen LogP contribution in [-0.4, -0.2) is 17.8 Å². The highest BCUT2D eigenvalue weighted by Gasteiger charge is 2.09. The molecule has 0 radical (unpaired) electrons. The number of carbonyl (C=O) groups is 1. The van der Waals surface area contributed by atoms with Crippen LogP contribution in [0.3, 0.4) is 0 Å². The molecule has 0 saturated carbocycles. The quantitative estimate of drug-likeness (QED) is 0.858. The molecule has 0 aliphatic rings. The number of nitrogens with one attached hydrogen (secondary N) is 1.